The highest BCUT2D eigenvalue weighted by Gasteiger charge is 2.20. The third kappa shape index (κ3) is 3.09. The van der Waals surface area contributed by atoms with Gasteiger partial charge in [0.05, 0.1) is 10.7 Å². The molecule has 100 valence electrons. The fourth-order valence-electron chi connectivity index (χ4n) is 1.37. The second-order valence-corrected chi connectivity index (χ2v) is 6.12. The molecule has 1 heterocycles. The molecule has 0 bridgehead atoms. The van der Waals surface area contributed by atoms with Crippen LogP contribution < -0.4 is 10.5 Å². The van der Waals surface area contributed by atoms with Gasteiger partial charge in [-0.1, -0.05) is 23.2 Å². The fraction of sp³-hybridized carbons (Fsp3) is 0. The van der Waals surface area contributed by atoms with E-state index in [0.717, 1.165) is 0 Å². The molecule has 0 saturated heterocycles. The molecule has 0 aliphatic heterocycles. The average molecular weight is 318 g/mol. The van der Waals surface area contributed by atoms with Gasteiger partial charge in [0.15, 0.2) is 5.82 Å². The third-order valence-corrected chi connectivity index (χ3v) is 4.31. The number of nitrogens with one attached hydrogen (secondary N) is 1. The van der Waals surface area contributed by atoms with Gasteiger partial charge in [0.2, 0.25) is 0 Å². The van der Waals surface area contributed by atoms with Crippen LogP contribution in [0.2, 0.25) is 10.0 Å². The standard InChI is InChI=1S/C11H9Cl2N3O2S/c12-7-3-4-8(13)10(6-7)19(17,18)16-11-9(14)2-1-5-15-11/h1-6H,14H2,(H,15,16). The van der Waals surface area contributed by atoms with Crippen LogP contribution in [0.5, 0.6) is 0 Å². The average Bonchev–Trinajstić information content (AvgIpc) is 2.35. The normalized spacial score (nSPS) is 11.3. The summed E-state index contributed by atoms with van der Waals surface area (Å²) < 4.78 is 26.6. The number of nitrogen functional groups attached to an aromatic ring is 1. The number of nitrogens with two attached hydrogens (primary N) is 1. The van der Waals surface area contributed by atoms with Gasteiger partial charge in [-0.3, -0.25) is 4.72 Å². The minimum absolute atomic E-state index is 0.0403. The molecule has 0 atom stereocenters. The molecule has 1 aromatic heterocycles. The highest BCUT2D eigenvalue weighted by Crippen LogP contribution is 2.27. The minimum atomic E-state index is -3.90. The molecule has 0 saturated carbocycles. The van der Waals surface area contributed by atoms with Crippen molar-refractivity contribution in [3.8, 4) is 0 Å². The number of anilines is 2. The molecule has 0 aliphatic carbocycles. The van der Waals surface area contributed by atoms with Crippen molar-refractivity contribution in [2.75, 3.05) is 10.5 Å². The van der Waals surface area contributed by atoms with Crippen molar-refractivity contribution in [1.29, 1.82) is 0 Å². The number of benzene rings is 1. The molecule has 5 nitrogen and oxygen atoms in total. The summed E-state index contributed by atoms with van der Waals surface area (Å²) in [7, 11) is -3.90. The van der Waals surface area contributed by atoms with E-state index in [2.05, 4.69) is 9.71 Å². The molecule has 8 heteroatoms. The van der Waals surface area contributed by atoms with Crippen LogP contribution in [0.25, 0.3) is 0 Å². The highest BCUT2D eigenvalue weighted by molar-refractivity contribution is 7.92. The van der Waals surface area contributed by atoms with Gasteiger partial charge in [0.25, 0.3) is 10.0 Å². The van der Waals surface area contributed by atoms with Crippen LogP contribution in [0.15, 0.2) is 41.4 Å². The molecule has 0 amide bonds. The van der Waals surface area contributed by atoms with Crippen molar-refractivity contribution in [1.82, 2.24) is 4.98 Å². The SMILES string of the molecule is Nc1cccnc1NS(=O)(=O)c1cc(Cl)ccc1Cl. The minimum Gasteiger partial charge on any atom is -0.396 e. The lowest BCUT2D eigenvalue weighted by molar-refractivity contribution is 0.601. The van der Waals surface area contributed by atoms with Crippen LogP contribution in [-0.2, 0) is 10.0 Å². The third-order valence-electron chi connectivity index (χ3n) is 2.25. The summed E-state index contributed by atoms with van der Waals surface area (Å²) in [6, 6.07) is 7.29. The summed E-state index contributed by atoms with van der Waals surface area (Å²) in [5.41, 5.74) is 5.84. The first-order valence-electron chi connectivity index (χ1n) is 5.08. The monoisotopic (exact) mass is 317 g/mol. The van der Waals surface area contributed by atoms with E-state index in [1.54, 1.807) is 6.07 Å². The van der Waals surface area contributed by atoms with E-state index < -0.39 is 10.0 Å². The number of sulfonamides is 1. The van der Waals surface area contributed by atoms with Gasteiger partial charge in [-0.2, -0.15) is 0 Å². The smallest absolute Gasteiger partial charge is 0.264 e. The van der Waals surface area contributed by atoms with Crippen LogP contribution >= 0.6 is 23.2 Å². The zero-order chi connectivity index (χ0) is 14.0. The molecule has 2 aromatic rings. The van der Waals surface area contributed by atoms with E-state index in [0.29, 0.717) is 0 Å². The van der Waals surface area contributed by atoms with E-state index >= 15 is 0 Å². The van der Waals surface area contributed by atoms with Gasteiger partial charge in [-0.15, -0.1) is 0 Å². The Morgan fingerprint density at radius 1 is 1.21 bits per heavy atom. The van der Waals surface area contributed by atoms with Crippen molar-refractivity contribution in [3.05, 3.63) is 46.6 Å². The van der Waals surface area contributed by atoms with E-state index in [4.69, 9.17) is 28.9 Å². The van der Waals surface area contributed by atoms with E-state index in [-0.39, 0.29) is 26.4 Å². The van der Waals surface area contributed by atoms with Crippen molar-refractivity contribution in [2.24, 2.45) is 0 Å². The maximum Gasteiger partial charge on any atom is 0.264 e. The van der Waals surface area contributed by atoms with Crippen molar-refractivity contribution >= 4 is 44.7 Å². The summed E-state index contributed by atoms with van der Waals surface area (Å²) in [4.78, 5) is 3.72. The number of nitrogens with zero attached hydrogens (tertiary/aromatic N) is 1. The maximum absolute atomic E-state index is 12.2. The number of rotatable bonds is 3. The Morgan fingerprint density at radius 3 is 2.63 bits per heavy atom. The molecule has 0 aliphatic rings. The van der Waals surface area contributed by atoms with Gasteiger partial charge < -0.3 is 5.73 Å². The number of hydrogen-bond donors (Lipinski definition) is 2. The Bertz CT molecular complexity index is 720. The quantitative estimate of drug-likeness (QED) is 0.911. The summed E-state index contributed by atoms with van der Waals surface area (Å²) in [5, 5.41) is 0.324. The van der Waals surface area contributed by atoms with Crippen molar-refractivity contribution in [3.63, 3.8) is 0 Å². The van der Waals surface area contributed by atoms with Gasteiger partial charge >= 0.3 is 0 Å². The largest absolute Gasteiger partial charge is 0.396 e. The maximum atomic E-state index is 12.2. The molecule has 0 unspecified atom stereocenters. The Hall–Kier alpha value is -1.50. The first kappa shape index (κ1) is 13.9. The highest BCUT2D eigenvalue weighted by atomic mass is 35.5. The molecular formula is C11H9Cl2N3O2S. The van der Waals surface area contributed by atoms with E-state index in [1.807, 2.05) is 0 Å². The zero-order valence-electron chi connectivity index (χ0n) is 9.47. The second-order valence-electron chi connectivity index (χ2n) is 3.62. The lowest BCUT2D eigenvalue weighted by Crippen LogP contribution is -2.15. The first-order valence-corrected chi connectivity index (χ1v) is 7.32. The summed E-state index contributed by atoms with van der Waals surface area (Å²) in [5.74, 6) is 0.0403. The van der Waals surface area contributed by atoms with Crippen LogP contribution in [0, 0.1) is 0 Å². The molecule has 19 heavy (non-hydrogen) atoms. The van der Waals surface area contributed by atoms with Crippen LogP contribution in [-0.4, -0.2) is 13.4 Å². The molecule has 1 aromatic carbocycles. The molecular weight excluding hydrogens is 309 g/mol. The van der Waals surface area contributed by atoms with Gasteiger partial charge in [0, 0.05) is 11.2 Å². The lowest BCUT2D eigenvalue weighted by atomic mass is 10.4. The number of hydrogen-bond acceptors (Lipinski definition) is 4. The van der Waals surface area contributed by atoms with Gasteiger partial charge in [0.1, 0.15) is 4.90 Å². The molecule has 0 fully saturated rings. The van der Waals surface area contributed by atoms with E-state index in [9.17, 15) is 8.42 Å². The molecule has 3 N–H and O–H groups in total. The number of halogens is 2. The van der Waals surface area contributed by atoms with Crippen molar-refractivity contribution in [2.45, 2.75) is 4.90 Å². The Labute approximate surface area is 120 Å². The number of pyridine rings is 1. The fourth-order valence-corrected chi connectivity index (χ4v) is 3.17. The van der Waals surface area contributed by atoms with Crippen LogP contribution in [0.3, 0.4) is 0 Å². The second kappa shape index (κ2) is 5.24. The predicted octanol–water partition coefficient (Wildman–Crippen LogP) is 2.77. The summed E-state index contributed by atoms with van der Waals surface area (Å²) in [6.07, 6.45) is 1.42. The Balaban J connectivity index is 2.44. The lowest BCUT2D eigenvalue weighted by Gasteiger charge is -2.10. The van der Waals surface area contributed by atoms with Gasteiger partial charge in [-0.25, -0.2) is 13.4 Å². The van der Waals surface area contributed by atoms with Gasteiger partial charge in [-0.05, 0) is 30.3 Å². The molecule has 0 radical (unpaired) electrons. The predicted molar refractivity (Wildman–Crippen MR) is 75.9 cm³/mol. The summed E-state index contributed by atoms with van der Waals surface area (Å²) >= 11 is 11.6. The number of aromatic nitrogens is 1. The van der Waals surface area contributed by atoms with Crippen molar-refractivity contribution < 1.29 is 8.42 Å². The van der Waals surface area contributed by atoms with Crippen LogP contribution in [0.1, 0.15) is 0 Å². The zero-order valence-corrected chi connectivity index (χ0v) is 11.8. The summed E-state index contributed by atoms with van der Waals surface area (Å²) in [6.45, 7) is 0. The van der Waals surface area contributed by atoms with E-state index in [1.165, 1.54) is 30.5 Å². The van der Waals surface area contributed by atoms with Crippen LogP contribution in [0.4, 0.5) is 11.5 Å². The first-order chi connectivity index (χ1) is 8.90. The Morgan fingerprint density at radius 2 is 1.95 bits per heavy atom. The molecule has 2 rings (SSSR count). The molecule has 0 spiro atoms. The Kier molecular flexibility index (Phi) is 3.84. The topological polar surface area (TPSA) is 85.1 Å².